The second-order valence-electron chi connectivity index (χ2n) is 3.55. The summed E-state index contributed by atoms with van der Waals surface area (Å²) in [5.74, 6) is 2.11. The van der Waals surface area contributed by atoms with Crippen LogP contribution >= 0.6 is 12.4 Å². The Labute approximate surface area is 111 Å². The number of terminal acetylenes is 1. The van der Waals surface area contributed by atoms with Gasteiger partial charge in [0.15, 0.2) is 0 Å². The van der Waals surface area contributed by atoms with Crippen molar-refractivity contribution in [2.24, 2.45) is 0 Å². The lowest BCUT2D eigenvalue weighted by atomic mass is 10.3. The lowest BCUT2D eigenvalue weighted by Crippen LogP contribution is -1.95. The molecular weight excluding hydrogens is 255 g/mol. The summed E-state index contributed by atoms with van der Waals surface area (Å²) < 4.78 is 14.6. The van der Waals surface area contributed by atoms with Crippen LogP contribution in [0.15, 0.2) is 24.7 Å². The first-order valence-electron chi connectivity index (χ1n) is 5.04. The molecule has 18 heavy (non-hydrogen) atoms. The summed E-state index contributed by atoms with van der Waals surface area (Å²) in [5, 5.41) is 7.25. The second kappa shape index (κ2) is 6.03. The van der Waals surface area contributed by atoms with E-state index >= 15 is 0 Å². The summed E-state index contributed by atoms with van der Waals surface area (Å²) in [5.41, 5.74) is 2.16. The summed E-state index contributed by atoms with van der Waals surface area (Å²) in [6.07, 6.45) is 9.67. The summed E-state index contributed by atoms with van der Waals surface area (Å²) in [4.78, 5) is 3.76. The van der Waals surface area contributed by atoms with Gasteiger partial charge in [0.1, 0.15) is 12.4 Å². The van der Waals surface area contributed by atoms with Gasteiger partial charge < -0.3 is 5.32 Å². The summed E-state index contributed by atoms with van der Waals surface area (Å²) in [6, 6.07) is 1.37. The molecule has 0 radical (unpaired) electrons. The molecule has 0 bridgehead atoms. The highest BCUT2D eigenvalue weighted by Crippen LogP contribution is 2.19. The van der Waals surface area contributed by atoms with Crippen LogP contribution in [-0.4, -0.2) is 14.8 Å². The molecule has 0 aromatic carbocycles. The van der Waals surface area contributed by atoms with Crippen molar-refractivity contribution in [3.63, 3.8) is 0 Å². The van der Waals surface area contributed by atoms with Crippen molar-refractivity contribution in [2.45, 2.75) is 13.5 Å². The normalized spacial score (nSPS) is 9.39. The van der Waals surface area contributed by atoms with Crippen LogP contribution in [0, 0.1) is 25.1 Å². The van der Waals surface area contributed by atoms with Crippen LogP contribution in [0.25, 0.3) is 0 Å². The van der Waals surface area contributed by atoms with E-state index in [0.717, 1.165) is 17.6 Å². The predicted molar refractivity (Wildman–Crippen MR) is 70.5 cm³/mol. The van der Waals surface area contributed by atoms with Gasteiger partial charge in [-0.1, -0.05) is 5.92 Å². The molecule has 0 aliphatic carbocycles. The number of halogens is 2. The maximum absolute atomic E-state index is 12.9. The minimum Gasteiger partial charge on any atom is -0.351 e. The van der Waals surface area contributed by atoms with Crippen molar-refractivity contribution in [3.05, 3.63) is 36.2 Å². The van der Waals surface area contributed by atoms with E-state index in [1.807, 2.05) is 6.92 Å². The van der Waals surface area contributed by atoms with Gasteiger partial charge in [0.05, 0.1) is 29.5 Å². The average Bonchev–Trinajstić information content (AvgIpc) is 2.60. The molecule has 0 atom stereocenters. The molecule has 94 valence electrons. The fourth-order valence-corrected chi connectivity index (χ4v) is 1.45. The van der Waals surface area contributed by atoms with E-state index in [1.165, 1.54) is 6.07 Å². The molecule has 2 aromatic rings. The molecule has 1 N–H and O–H groups in total. The molecule has 0 aliphatic rings. The Hall–Kier alpha value is -2.06. The fourth-order valence-electron chi connectivity index (χ4n) is 1.45. The van der Waals surface area contributed by atoms with E-state index in [0.29, 0.717) is 12.2 Å². The van der Waals surface area contributed by atoms with E-state index in [4.69, 9.17) is 6.42 Å². The standard InChI is InChI=1S/C12H11FN4.ClH/c1-3-4-17-8-12(9(2)16-17)15-11-5-10(13)6-14-7-11;/h1,5-8,15H,4H2,2H3;1H. The van der Waals surface area contributed by atoms with Crippen LogP contribution in [0.3, 0.4) is 0 Å². The Morgan fingerprint density at radius 3 is 2.94 bits per heavy atom. The number of nitrogens with one attached hydrogen (secondary N) is 1. The molecule has 2 heterocycles. The molecule has 2 rings (SSSR count). The number of aromatic nitrogens is 3. The number of pyridine rings is 1. The van der Waals surface area contributed by atoms with Crippen LogP contribution in [-0.2, 0) is 6.54 Å². The first-order chi connectivity index (χ1) is 8.19. The van der Waals surface area contributed by atoms with E-state index in [9.17, 15) is 4.39 Å². The SMILES string of the molecule is C#CCn1cc(Nc2cncc(F)c2)c(C)n1.Cl. The van der Waals surface area contributed by atoms with E-state index in [-0.39, 0.29) is 18.2 Å². The van der Waals surface area contributed by atoms with E-state index < -0.39 is 0 Å². The minimum atomic E-state index is -0.385. The highest BCUT2D eigenvalue weighted by atomic mass is 35.5. The summed E-state index contributed by atoms with van der Waals surface area (Å²) in [6.45, 7) is 2.26. The predicted octanol–water partition coefficient (Wildman–Crippen LogP) is 2.52. The highest BCUT2D eigenvalue weighted by molar-refractivity contribution is 5.85. The van der Waals surface area contributed by atoms with Crippen molar-refractivity contribution in [1.82, 2.24) is 14.8 Å². The second-order valence-corrected chi connectivity index (χ2v) is 3.55. The van der Waals surface area contributed by atoms with Crippen molar-refractivity contribution >= 4 is 23.8 Å². The number of hydrogen-bond acceptors (Lipinski definition) is 3. The number of rotatable bonds is 3. The Morgan fingerprint density at radius 2 is 2.28 bits per heavy atom. The van der Waals surface area contributed by atoms with E-state index in [2.05, 4.69) is 21.3 Å². The van der Waals surface area contributed by atoms with Crippen LogP contribution in [0.5, 0.6) is 0 Å². The quantitative estimate of drug-likeness (QED) is 0.868. The molecular formula is C12H12ClFN4. The maximum atomic E-state index is 12.9. The topological polar surface area (TPSA) is 42.7 Å². The van der Waals surface area contributed by atoms with Crippen LogP contribution < -0.4 is 5.32 Å². The largest absolute Gasteiger partial charge is 0.351 e. The Bertz CT molecular complexity index is 574. The molecule has 0 unspecified atom stereocenters. The molecule has 0 spiro atoms. The highest BCUT2D eigenvalue weighted by Gasteiger charge is 2.05. The van der Waals surface area contributed by atoms with Gasteiger partial charge in [0.2, 0.25) is 0 Å². The first-order valence-corrected chi connectivity index (χ1v) is 5.04. The van der Waals surface area contributed by atoms with Gasteiger partial charge in [-0.05, 0) is 6.92 Å². The number of anilines is 2. The molecule has 0 fully saturated rings. The molecule has 0 saturated heterocycles. The van der Waals surface area contributed by atoms with E-state index in [1.54, 1.807) is 17.1 Å². The fraction of sp³-hybridized carbons (Fsp3) is 0.167. The van der Waals surface area contributed by atoms with Crippen molar-refractivity contribution in [3.8, 4) is 12.3 Å². The number of nitrogens with zero attached hydrogens (tertiary/aromatic N) is 3. The molecule has 0 saturated carbocycles. The van der Waals surface area contributed by atoms with Gasteiger partial charge in [0, 0.05) is 12.3 Å². The lowest BCUT2D eigenvalue weighted by molar-refractivity contribution is 0.622. The lowest BCUT2D eigenvalue weighted by Gasteiger charge is -2.03. The van der Waals surface area contributed by atoms with Gasteiger partial charge in [-0.2, -0.15) is 5.10 Å². The zero-order chi connectivity index (χ0) is 12.3. The Morgan fingerprint density at radius 1 is 1.50 bits per heavy atom. The van der Waals surface area contributed by atoms with Crippen molar-refractivity contribution in [2.75, 3.05) is 5.32 Å². The molecule has 4 nitrogen and oxygen atoms in total. The smallest absolute Gasteiger partial charge is 0.143 e. The van der Waals surface area contributed by atoms with Crippen LogP contribution in [0.1, 0.15) is 5.69 Å². The Balaban J connectivity index is 0.00000162. The van der Waals surface area contributed by atoms with Crippen LogP contribution in [0.4, 0.5) is 15.8 Å². The third kappa shape index (κ3) is 3.22. The third-order valence-electron chi connectivity index (χ3n) is 2.18. The molecule has 2 aromatic heterocycles. The van der Waals surface area contributed by atoms with Gasteiger partial charge in [-0.3, -0.25) is 9.67 Å². The van der Waals surface area contributed by atoms with Gasteiger partial charge in [-0.15, -0.1) is 18.8 Å². The maximum Gasteiger partial charge on any atom is 0.143 e. The molecule has 0 aliphatic heterocycles. The average molecular weight is 267 g/mol. The van der Waals surface area contributed by atoms with Gasteiger partial charge in [0.25, 0.3) is 0 Å². The molecule has 6 heteroatoms. The zero-order valence-electron chi connectivity index (χ0n) is 9.72. The van der Waals surface area contributed by atoms with Gasteiger partial charge in [-0.25, -0.2) is 4.39 Å². The van der Waals surface area contributed by atoms with Crippen molar-refractivity contribution < 1.29 is 4.39 Å². The monoisotopic (exact) mass is 266 g/mol. The number of aryl methyl sites for hydroxylation is 1. The Kier molecular flexibility index (Phi) is 4.69. The van der Waals surface area contributed by atoms with Crippen LogP contribution in [0.2, 0.25) is 0 Å². The minimum absolute atomic E-state index is 0. The van der Waals surface area contributed by atoms with Gasteiger partial charge >= 0.3 is 0 Å². The molecule has 0 amide bonds. The summed E-state index contributed by atoms with van der Waals surface area (Å²) in [7, 11) is 0. The van der Waals surface area contributed by atoms with Crippen molar-refractivity contribution in [1.29, 1.82) is 0 Å². The third-order valence-corrected chi connectivity index (χ3v) is 2.18. The first kappa shape index (κ1) is 14.0. The number of hydrogen-bond donors (Lipinski definition) is 1. The summed E-state index contributed by atoms with van der Waals surface area (Å²) >= 11 is 0. The zero-order valence-corrected chi connectivity index (χ0v) is 10.5.